The van der Waals surface area contributed by atoms with Crippen LogP contribution < -0.4 is 4.74 Å². The molecule has 1 aliphatic rings. The molecule has 4 heteroatoms. The minimum absolute atomic E-state index is 0.249. The Kier molecular flexibility index (Phi) is 3.26. The van der Waals surface area contributed by atoms with Gasteiger partial charge in [0.25, 0.3) is 0 Å². The van der Waals surface area contributed by atoms with Crippen molar-refractivity contribution < 1.29 is 19.3 Å². The lowest BCUT2D eigenvalue weighted by atomic mass is 10.1. The Morgan fingerprint density at radius 1 is 1.35 bits per heavy atom. The van der Waals surface area contributed by atoms with Gasteiger partial charge >= 0.3 is 0 Å². The Morgan fingerprint density at radius 2 is 2.12 bits per heavy atom. The minimum atomic E-state index is -0.396. The highest BCUT2D eigenvalue weighted by Gasteiger charge is 2.32. The average Bonchev–Trinajstić information content (AvgIpc) is 2.69. The Bertz CT molecular complexity index is 408. The first-order valence-corrected chi connectivity index (χ1v) is 5.65. The second kappa shape index (κ2) is 4.55. The standard InChI is InChI=1S/C13H18O4/c1-9-4-10(2)12(5-11(9)14)16-7-13(3)6-15-8-17-13/h4-5,14H,6-8H2,1-3H3. The highest BCUT2D eigenvalue weighted by molar-refractivity contribution is 5.44. The molecular weight excluding hydrogens is 220 g/mol. The molecule has 0 aromatic heterocycles. The molecule has 1 atom stereocenters. The molecule has 2 rings (SSSR count). The van der Waals surface area contributed by atoms with Crippen molar-refractivity contribution in [3.05, 3.63) is 23.3 Å². The van der Waals surface area contributed by atoms with Crippen molar-refractivity contribution in [1.82, 2.24) is 0 Å². The number of aryl methyl sites for hydroxylation is 2. The summed E-state index contributed by atoms with van der Waals surface area (Å²) >= 11 is 0. The first kappa shape index (κ1) is 12.2. The van der Waals surface area contributed by atoms with E-state index in [0.29, 0.717) is 25.8 Å². The highest BCUT2D eigenvalue weighted by Crippen LogP contribution is 2.28. The van der Waals surface area contributed by atoms with Crippen molar-refractivity contribution in [3.8, 4) is 11.5 Å². The van der Waals surface area contributed by atoms with Crippen molar-refractivity contribution >= 4 is 0 Å². The first-order chi connectivity index (χ1) is 8.00. The van der Waals surface area contributed by atoms with Gasteiger partial charge in [0, 0.05) is 6.07 Å². The lowest BCUT2D eigenvalue weighted by molar-refractivity contribution is -0.0226. The molecule has 1 aliphatic heterocycles. The van der Waals surface area contributed by atoms with Crippen LogP contribution in [-0.2, 0) is 9.47 Å². The quantitative estimate of drug-likeness (QED) is 0.876. The summed E-state index contributed by atoms with van der Waals surface area (Å²) in [5, 5.41) is 9.64. The van der Waals surface area contributed by atoms with Crippen LogP contribution in [0.25, 0.3) is 0 Å². The SMILES string of the molecule is Cc1cc(C)c(OCC2(C)COCO2)cc1O. The van der Waals surface area contributed by atoms with Gasteiger partial charge in [-0.1, -0.05) is 0 Å². The third-order valence-corrected chi connectivity index (χ3v) is 2.92. The number of hydrogen-bond donors (Lipinski definition) is 1. The number of hydrogen-bond acceptors (Lipinski definition) is 4. The van der Waals surface area contributed by atoms with Crippen LogP contribution in [-0.4, -0.2) is 30.7 Å². The van der Waals surface area contributed by atoms with E-state index in [1.807, 2.05) is 26.8 Å². The van der Waals surface area contributed by atoms with Gasteiger partial charge in [-0.3, -0.25) is 0 Å². The van der Waals surface area contributed by atoms with Crippen LogP contribution in [0.5, 0.6) is 11.5 Å². The summed E-state index contributed by atoms with van der Waals surface area (Å²) in [7, 11) is 0. The molecule has 1 aromatic carbocycles. The fourth-order valence-corrected chi connectivity index (χ4v) is 1.77. The maximum atomic E-state index is 9.64. The number of ether oxygens (including phenoxy) is 3. The van der Waals surface area contributed by atoms with E-state index in [9.17, 15) is 5.11 Å². The van der Waals surface area contributed by atoms with Crippen molar-refractivity contribution in [3.63, 3.8) is 0 Å². The second-order valence-electron chi connectivity index (χ2n) is 4.75. The average molecular weight is 238 g/mol. The normalized spacial score (nSPS) is 23.9. The van der Waals surface area contributed by atoms with Gasteiger partial charge in [-0.25, -0.2) is 0 Å². The Balaban J connectivity index is 2.06. The maximum Gasteiger partial charge on any atom is 0.147 e. The fourth-order valence-electron chi connectivity index (χ4n) is 1.77. The summed E-state index contributed by atoms with van der Waals surface area (Å²) in [6.07, 6.45) is 0. The predicted molar refractivity (Wildman–Crippen MR) is 63.4 cm³/mol. The Morgan fingerprint density at radius 3 is 2.76 bits per heavy atom. The monoisotopic (exact) mass is 238 g/mol. The van der Waals surface area contributed by atoms with Crippen molar-refractivity contribution in [2.24, 2.45) is 0 Å². The van der Waals surface area contributed by atoms with Crippen molar-refractivity contribution in [2.45, 2.75) is 26.4 Å². The van der Waals surface area contributed by atoms with E-state index in [4.69, 9.17) is 14.2 Å². The summed E-state index contributed by atoms with van der Waals surface area (Å²) in [5.74, 6) is 0.934. The molecule has 4 nitrogen and oxygen atoms in total. The van der Waals surface area contributed by atoms with Gasteiger partial charge in [0.2, 0.25) is 0 Å². The number of rotatable bonds is 3. The van der Waals surface area contributed by atoms with E-state index in [1.165, 1.54) is 0 Å². The zero-order valence-corrected chi connectivity index (χ0v) is 10.4. The van der Waals surface area contributed by atoms with Gasteiger partial charge in [0.1, 0.15) is 30.5 Å². The first-order valence-electron chi connectivity index (χ1n) is 5.65. The summed E-state index contributed by atoms with van der Waals surface area (Å²) < 4.78 is 16.3. The molecule has 0 saturated carbocycles. The third-order valence-electron chi connectivity index (χ3n) is 2.92. The van der Waals surface area contributed by atoms with Gasteiger partial charge in [0.15, 0.2) is 0 Å². The van der Waals surface area contributed by atoms with Crippen LogP contribution in [0.15, 0.2) is 12.1 Å². The molecule has 0 spiro atoms. The van der Waals surface area contributed by atoms with Crippen LogP contribution in [0.4, 0.5) is 0 Å². The minimum Gasteiger partial charge on any atom is -0.508 e. The zero-order valence-electron chi connectivity index (χ0n) is 10.4. The summed E-state index contributed by atoms with van der Waals surface area (Å²) in [4.78, 5) is 0. The van der Waals surface area contributed by atoms with Gasteiger partial charge in [0.05, 0.1) is 6.61 Å². The molecule has 0 bridgehead atoms. The summed E-state index contributed by atoms with van der Waals surface area (Å²) in [5.41, 5.74) is 1.46. The number of phenols is 1. The van der Waals surface area contributed by atoms with Crippen molar-refractivity contribution in [2.75, 3.05) is 20.0 Å². The molecule has 1 heterocycles. The lowest BCUT2D eigenvalue weighted by Crippen LogP contribution is -2.34. The van der Waals surface area contributed by atoms with Gasteiger partial charge in [-0.05, 0) is 38.0 Å². The van der Waals surface area contributed by atoms with Gasteiger partial charge < -0.3 is 19.3 Å². The summed E-state index contributed by atoms with van der Waals surface area (Å²) in [6.45, 7) is 7.03. The molecule has 1 N–H and O–H groups in total. The molecule has 1 unspecified atom stereocenters. The number of aromatic hydroxyl groups is 1. The van der Waals surface area contributed by atoms with Crippen LogP contribution in [0.1, 0.15) is 18.1 Å². The fraction of sp³-hybridized carbons (Fsp3) is 0.538. The second-order valence-corrected chi connectivity index (χ2v) is 4.75. The zero-order chi connectivity index (χ0) is 12.5. The van der Waals surface area contributed by atoms with Crippen molar-refractivity contribution in [1.29, 1.82) is 0 Å². The lowest BCUT2D eigenvalue weighted by Gasteiger charge is -2.22. The van der Waals surface area contributed by atoms with E-state index in [1.54, 1.807) is 6.07 Å². The molecule has 94 valence electrons. The largest absolute Gasteiger partial charge is 0.508 e. The van der Waals surface area contributed by atoms with Gasteiger partial charge in [-0.2, -0.15) is 0 Å². The molecule has 0 aliphatic carbocycles. The maximum absolute atomic E-state index is 9.64. The molecular formula is C13H18O4. The van der Waals surface area contributed by atoms with Crippen LogP contribution in [0, 0.1) is 13.8 Å². The van der Waals surface area contributed by atoms with Crippen LogP contribution >= 0.6 is 0 Å². The van der Waals surface area contributed by atoms with Gasteiger partial charge in [-0.15, -0.1) is 0 Å². The van der Waals surface area contributed by atoms with E-state index in [-0.39, 0.29) is 5.75 Å². The number of benzene rings is 1. The van der Waals surface area contributed by atoms with Crippen LogP contribution in [0.2, 0.25) is 0 Å². The number of phenolic OH excluding ortho intramolecular Hbond substituents is 1. The van der Waals surface area contributed by atoms with E-state index >= 15 is 0 Å². The Labute approximate surface area is 101 Å². The van der Waals surface area contributed by atoms with Crippen LogP contribution in [0.3, 0.4) is 0 Å². The molecule has 1 fully saturated rings. The highest BCUT2D eigenvalue weighted by atomic mass is 16.7. The topological polar surface area (TPSA) is 47.9 Å². The molecule has 0 amide bonds. The smallest absolute Gasteiger partial charge is 0.147 e. The Hall–Kier alpha value is -1.26. The third kappa shape index (κ3) is 2.70. The van der Waals surface area contributed by atoms with E-state index < -0.39 is 5.60 Å². The van der Waals surface area contributed by atoms with E-state index in [2.05, 4.69) is 0 Å². The van der Waals surface area contributed by atoms with E-state index in [0.717, 1.165) is 11.1 Å². The molecule has 0 radical (unpaired) electrons. The predicted octanol–water partition coefficient (Wildman–Crippen LogP) is 2.15. The molecule has 1 saturated heterocycles. The molecule has 17 heavy (non-hydrogen) atoms. The molecule has 1 aromatic rings. The summed E-state index contributed by atoms with van der Waals surface area (Å²) in [6, 6.07) is 3.54.